The van der Waals surface area contributed by atoms with Gasteiger partial charge in [-0.1, -0.05) is 35.5 Å². The Kier molecular flexibility index (Phi) is 5.23. The normalized spacial score (nSPS) is 16.1. The van der Waals surface area contributed by atoms with E-state index in [1.165, 1.54) is 16.0 Å². The molecule has 1 atom stereocenters. The smallest absolute Gasteiger partial charge is 0.262 e. The molecule has 5 rings (SSSR count). The van der Waals surface area contributed by atoms with Gasteiger partial charge in [-0.3, -0.25) is 9.36 Å². The molecule has 0 spiro atoms. The van der Waals surface area contributed by atoms with Gasteiger partial charge in [0.1, 0.15) is 4.83 Å². The van der Waals surface area contributed by atoms with Gasteiger partial charge >= 0.3 is 0 Å². The maximum Gasteiger partial charge on any atom is 0.262 e. The van der Waals surface area contributed by atoms with Crippen molar-refractivity contribution in [3.63, 3.8) is 0 Å². The van der Waals surface area contributed by atoms with Crippen molar-refractivity contribution in [1.29, 1.82) is 0 Å². The number of nitrogens with zero attached hydrogens (tertiary/aromatic N) is 3. The molecule has 3 aromatic heterocycles. The highest BCUT2D eigenvalue weighted by Gasteiger charge is 2.25. The van der Waals surface area contributed by atoms with Gasteiger partial charge in [0.15, 0.2) is 5.76 Å². The van der Waals surface area contributed by atoms with E-state index >= 15 is 0 Å². The van der Waals surface area contributed by atoms with Crippen LogP contribution in [0.1, 0.15) is 33.9 Å². The Morgan fingerprint density at radius 1 is 1.30 bits per heavy atom. The fourth-order valence-electron chi connectivity index (χ4n) is 4.17. The molecule has 6 nitrogen and oxygen atoms in total. The van der Waals surface area contributed by atoms with Gasteiger partial charge in [0.05, 0.1) is 24.0 Å². The fourth-order valence-corrected chi connectivity index (χ4v) is 5.43. The van der Waals surface area contributed by atoms with Crippen LogP contribution in [0.15, 0.2) is 52.0 Å². The van der Waals surface area contributed by atoms with Gasteiger partial charge < -0.3 is 9.84 Å². The van der Waals surface area contributed by atoms with Crippen LogP contribution in [0, 0.1) is 6.92 Å². The molecule has 154 valence electrons. The second-order valence-corrected chi connectivity index (χ2v) is 9.00. The van der Waals surface area contributed by atoms with Gasteiger partial charge in [0.25, 0.3) is 5.56 Å². The molecule has 1 aliphatic carbocycles. The van der Waals surface area contributed by atoms with Crippen LogP contribution in [-0.2, 0) is 32.4 Å². The summed E-state index contributed by atoms with van der Waals surface area (Å²) in [5, 5.41) is 8.34. The van der Waals surface area contributed by atoms with Crippen LogP contribution in [-0.4, -0.2) is 20.7 Å². The molecule has 4 aromatic rings. The average molecular weight is 421 g/mol. The van der Waals surface area contributed by atoms with E-state index in [9.17, 15) is 4.79 Å². The Morgan fingerprint density at radius 2 is 2.17 bits per heavy atom. The van der Waals surface area contributed by atoms with Gasteiger partial charge in [0, 0.05) is 23.5 Å². The minimum atomic E-state index is 0.0944. The summed E-state index contributed by atoms with van der Waals surface area (Å²) in [6.45, 7) is 3.25. The average Bonchev–Trinajstić information content (AvgIpc) is 3.35. The van der Waals surface area contributed by atoms with E-state index < -0.39 is 0 Å². The van der Waals surface area contributed by atoms with Crippen molar-refractivity contribution in [2.75, 3.05) is 0 Å². The zero-order chi connectivity index (χ0) is 20.5. The fraction of sp³-hybridized carbons (Fsp3) is 0.348. The second kappa shape index (κ2) is 8.16. The Morgan fingerprint density at radius 3 is 2.97 bits per heavy atom. The molecule has 1 aromatic carbocycles. The Hall–Kier alpha value is -2.77. The van der Waals surface area contributed by atoms with Crippen LogP contribution in [0.25, 0.3) is 10.2 Å². The molecule has 1 N–H and O–H groups in total. The lowest BCUT2D eigenvalue weighted by molar-refractivity contribution is 0.353. The van der Waals surface area contributed by atoms with Gasteiger partial charge in [-0.15, -0.1) is 11.3 Å². The lowest BCUT2D eigenvalue weighted by atomic mass is 9.93. The maximum atomic E-state index is 13.2. The van der Waals surface area contributed by atoms with Crippen molar-refractivity contribution in [3.8, 4) is 0 Å². The largest absolute Gasteiger partial charge is 0.360 e. The van der Waals surface area contributed by atoms with Crippen LogP contribution < -0.4 is 10.9 Å². The van der Waals surface area contributed by atoms with E-state index in [1.54, 1.807) is 22.2 Å². The minimum absolute atomic E-state index is 0.0944. The summed E-state index contributed by atoms with van der Waals surface area (Å²) in [4.78, 5) is 19.9. The molecular formula is C23H24N4O2S. The van der Waals surface area contributed by atoms with Crippen LogP contribution >= 0.6 is 11.3 Å². The van der Waals surface area contributed by atoms with Crippen molar-refractivity contribution in [1.82, 2.24) is 20.0 Å². The molecule has 7 heteroatoms. The molecule has 0 bridgehead atoms. The van der Waals surface area contributed by atoms with Crippen LogP contribution in [0.4, 0.5) is 0 Å². The number of hydrogen-bond acceptors (Lipinski definition) is 6. The van der Waals surface area contributed by atoms with Gasteiger partial charge in [-0.05, 0) is 43.7 Å². The summed E-state index contributed by atoms with van der Waals surface area (Å²) in [5.74, 6) is 0.859. The number of nitrogens with one attached hydrogen (secondary N) is 1. The zero-order valence-electron chi connectivity index (χ0n) is 16.9. The van der Waals surface area contributed by atoms with Gasteiger partial charge in [-0.2, -0.15) is 0 Å². The summed E-state index contributed by atoms with van der Waals surface area (Å²) in [6.07, 6.45) is 5.37. The SMILES string of the molecule is Cc1cc(CN[C@H]2CCc3c(sc4ncn(CCc5ccccc5)c(=O)c34)C2)on1. The number of benzene rings is 1. The summed E-state index contributed by atoms with van der Waals surface area (Å²) in [5.41, 5.74) is 3.43. The first-order valence-electron chi connectivity index (χ1n) is 10.4. The van der Waals surface area contributed by atoms with E-state index in [-0.39, 0.29) is 5.56 Å². The van der Waals surface area contributed by atoms with E-state index in [4.69, 9.17) is 4.52 Å². The van der Waals surface area contributed by atoms with Gasteiger partial charge in [-0.25, -0.2) is 4.98 Å². The Bertz CT molecular complexity index is 1230. The van der Waals surface area contributed by atoms with Crippen molar-refractivity contribution in [2.24, 2.45) is 0 Å². The second-order valence-electron chi connectivity index (χ2n) is 7.92. The lowest BCUT2D eigenvalue weighted by Crippen LogP contribution is -2.33. The van der Waals surface area contributed by atoms with E-state index in [0.29, 0.717) is 19.1 Å². The summed E-state index contributed by atoms with van der Waals surface area (Å²) in [6, 6.07) is 12.6. The summed E-state index contributed by atoms with van der Waals surface area (Å²) >= 11 is 1.67. The Balaban J connectivity index is 1.33. The molecule has 0 saturated heterocycles. The molecule has 0 amide bonds. The number of hydrogen-bond donors (Lipinski definition) is 1. The van der Waals surface area contributed by atoms with Crippen LogP contribution in [0.2, 0.25) is 0 Å². The first kappa shape index (κ1) is 19.2. The van der Waals surface area contributed by atoms with Crippen molar-refractivity contribution in [3.05, 3.63) is 80.5 Å². The van der Waals surface area contributed by atoms with Crippen molar-refractivity contribution < 1.29 is 4.52 Å². The van der Waals surface area contributed by atoms with E-state index in [0.717, 1.165) is 47.4 Å². The number of fused-ring (bicyclic) bond motifs is 3. The highest BCUT2D eigenvalue weighted by Crippen LogP contribution is 2.33. The van der Waals surface area contributed by atoms with Gasteiger partial charge in [0.2, 0.25) is 0 Å². The Labute approximate surface area is 178 Å². The van der Waals surface area contributed by atoms with Crippen molar-refractivity contribution in [2.45, 2.75) is 51.7 Å². The maximum absolute atomic E-state index is 13.2. The quantitative estimate of drug-likeness (QED) is 0.516. The highest BCUT2D eigenvalue weighted by atomic mass is 32.1. The number of thiophene rings is 1. The molecule has 0 aliphatic heterocycles. The van der Waals surface area contributed by atoms with Crippen molar-refractivity contribution >= 4 is 21.6 Å². The first-order chi connectivity index (χ1) is 14.7. The minimum Gasteiger partial charge on any atom is -0.360 e. The van der Waals surface area contributed by atoms with Crippen LogP contribution in [0.3, 0.4) is 0 Å². The molecule has 0 unspecified atom stereocenters. The molecule has 3 heterocycles. The third kappa shape index (κ3) is 3.82. The molecule has 30 heavy (non-hydrogen) atoms. The number of aryl methyl sites for hydroxylation is 4. The molecular weight excluding hydrogens is 396 g/mol. The topological polar surface area (TPSA) is 73.0 Å². The third-order valence-corrected chi connectivity index (χ3v) is 6.92. The molecule has 0 fully saturated rings. The number of rotatable bonds is 6. The highest BCUT2D eigenvalue weighted by molar-refractivity contribution is 7.18. The predicted molar refractivity (Wildman–Crippen MR) is 118 cm³/mol. The lowest BCUT2D eigenvalue weighted by Gasteiger charge is -2.22. The summed E-state index contributed by atoms with van der Waals surface area (Å²) < 4.78 is 7.06. The molecule has 0 saturated carbocycles. The third-order valence-electron chi connectivity index (χ3n) is 5.76. The predicted octanol–water partition coefficient (Wildman–Crippen LogP) is 3.64. The standard InChI is InChI=1S/C23H24N4O2S/c1-15-11-18(29-26-15)13-24-17-7-8-19-20(12-17)30-22-21(19)23(28)27(14-25-22)10-9-16-5-3-2-4-6-16/h2-6,11,14,17,24H,7-10,12-13H2,1H3/t17-/m0/s1. The number of aromatic nitrogens is 3. The summed E-state index contributed by atoms with van der Waals surface area (Å²) in [7, 11) is 0. The van der Waals surface area contributed by atoms with E-state index in [2.05, 4.69) is 27.6 Å². The van der Waals surface area contributed by atoms with E-state index in [1.807, 2.05) is 31.2 Å². The first-order valence-corrected chi connectivity index (χ1v) is 11.2. The molecule has 0 radical (unpaired) electrons. The monoisotopic (exact) mass is 420 g/mol. The molecule has 1 aliphatic rings. The zero-order valence-corrected chi connectivity index (χ0v) is 17.7. The van der Waals surface area contributed by atoms with Crippen LogP contribution in [0.5, 0.6) is 0 Å².